The zero-order valence-electron chi connectivity index (χ0n) is 13.6. The first-order chi connectivity index (χ1) is 11.1. The number of hydrogen-bond acceptors (Lipinski definition) is 6. The highest BCUT2D eigenvalue weighted by atomic mass is 16.5. The van der Waals surface area contributed by atoms with Gasteiger partial charge in [0, 0.05) is 19.2 Å². The van der Waals surface area contributed by atoms with Crippen molar-refractivity contribution in [3.05, 3.63) is 24.1 Å². The van der Waals surface area contributed by atoms with Crippen LogP contribution in [0.3, 0.4) is 0 Å². The summed E-state index contributed by atoms with van der Waals surface area (Å²) in [5, 5.41) is 6.52. The third-order valence-corrected chi connectivity index (χ3v) is 3.32. The van der Waals surface area contributed by atoms with Gasteiger partial charge in [-0.2, -0.15) is 4.98 Å². The van der Waals surface area contributed by atoms with E-state index in [1.54, 1.807) is 38.3 Å². The monoisotopic (exact) mass is 320 g/mol. The maximum absolute atomic E-state index is 11.7. The quantitative estimate of drug-likeness (QED) is 0.874. The van der Waals surface area contributed by atoms with Gasteiger partial charge in [0.25, 0.3) is 0 Å². The fourth-order valence-corrected chi connectivity index (χ4v) is 2.06. The number of urea groups is 1. The van der Waals surface area contributed by atoms with Crippen LogP contribution < -0.4 is 14.8 Å². The molecule has 0 fully saturated rings. The minimum absolute atomic E-state index is 0.196. The Hall–Kier alpha value is -2.77. The summed E-state index contributed by atoms with van der Waals surface area (Å²) in [6, 6.07) is 5.15. The fraction of sp³-hybridized carbons (Fsp3) is 0.400. The van der Waals surface area contributed by atoms with Gasteiger partial charge < -0.3 is 24.2 Å². The smallest absolute Gasteiger partial charge is 0.317 e. The van der Waals surface area contributed by atoms with Crippen molar-refractivity contribution >= 4 is 6.03 Å². The van der Waals surface area contributed by atoms with E-state index in [0.29, 0.717) is 29.8 Å². The molecule has 1 N–H and O–H groups in total. The van der Waals surface area contributed by atoms with Crippen LogP contribution in [0.2, 0.25) is 0 Å². The Kier molecular flexibility index (Phi) is 5.40. The van der Waals surface area contributed by atoms with E-state index in [-0.39, 0.29) is 12.6 Å². The van der Waals surface area contributed by atoms with Gasteiger partial charge in [0.15, 0.2) is 11.5 Å². The Bertz CT molecular complexity index is 671. The summed E-state index contributed by atoms with van der Waals surface area (Å²) < 4.78 is 15.7. The van der Waals surface area contributed by atoms with Crippen LogP contribution in [0.15, 0.2) is 22.7 Å². The van der Waals surface area contributed by atoms with Crippen molar-refractivity contribution in [1.29, 1.82) is 0 Å². The molecule has 23 heavy (non-hydrogen) atoms. The van der Waals surface area contributed by atoms with Crippen LogP contribution in [0.4, 0.5) is 4.79 Å². The molecule has 0 aliphatic rings. The number of carbonyl (C=O) groups excluding carboxylic acids is 1. The maximum atomic E-state index is 11.7. The minimum atomic E-state index is -0.196. The third kappa shape index (κ3) is 3.71. The van der Waals surface area contributed by atoms with E-state index in [1.165, 1.54) is 0 Å². The number of ether oxygens (including phenoxy) is 2. The van der Waals surface area contributed by atoms with Gasteiger partial charge in [-0.3, -0.25) is 0 Å². The van der Waals surface area contributed by atoms with Gasteiger partial charge in [-0.05, 0) is 25.1 Å². The van der Waals surface area contributed by atoms with Crippen LogP contribution in [-0.2, 0) is 6.54 Å². The number of nitrogens with one attached hydrogen (secondary N) is 1. The number of amides is 2. The molecule has 1 heterocycles. The first-order valence-electron chi connectivity index (χ1n) is 7.14. The molecule has 8 nitrogen and oxygen atoms in total. The lowest BCUT2D eigenvalue weighted by Gasteiger charge is -2.17. The summed E-state index contributed by atoms with van der Waals surface area (Å²) in [4.78, 5) is 17.6. The Morgan fingerprint density at radius 3 is 2.65 bits per heavy atom. The molecule has 2 amide bonds. The molecule has 0 saturated heterocycles. The van der Waals surface area contributed by atoms with Crippen molar-refractivity contribution in [3.63, 3.8) is 0 Å². The summed E-state index contributed by atoms with van der Waals surface area (Å²) in [6.07, 6.45) is 0. The van der Waals surface area contributed by atoms with Crippen LogP contribution in [0.1, 0.15) is 12.8 Å². The van der Waals surface area contributed by atoms with Gasteiger partial charge in [0.2, 0.25) is 11.7 Å². The standard InChI is InChI=1S/C15H20N4O4/c1-5-19(15(20)16-2)9-13-17-14(18-23-13)10-6-7-11(21-3)12(8-10)22-4/h6-8H,5,9H2,1-4H3,(H,16,20). The predicted octanol–water partition coefficient (Wildman–Crippen LogP) is 1.92. The highest BCUT2D eigenvalue weighted by Crippen LogP contribution is 2.31. The van der Waals surface area contributed by atoms with E-state index < -0.39 is 0 Å². The van der Waals surface area contributed by atoms with Crippen LogP contribution in [0.25, 0.3) is 11.4 Å². The van der Waals surface area contributed by atoms with Gasteiger partial charge in [0.05, 0.1) is 14.2 Å². The number of carbonyl (C=O) groups is 1. The number of rotatable bonds is 6. The zero-order chi connectivity index (χ0) is 16.8. The zero-order valence-corrected chi connectivity index (χ0v) is 13.6. The predicted molar refractivity (Wildman–Crippen MR) is 83.4 cm³/mol. The van der Waals surface area contributed by atoms with E-state index in [0.717, 1.165) is 5.56 Å². The molecule has 0 radical (unpaired) electrons. The van der Waals surface area contributed by atoms with Crippen LogP contribution in [0.5, 0.6) is 11.5 Å². The van der Waals surface area contributed by atoms with E-state index in [9.17, 15) is 4.79 Å². The lowest BCUT2D eigenvalue weighted by atomic mass is 10.2. The van der Waals surface area contributed by atoms with Crippen molar-refractivity contribution in [2.24, 2.45) is 0 Å². The number of nitrogens with zero attached hydrogens (tertiary/aromatic N) is 3. The van der Waals surface area contributed by atoms with Gasteiger partial charge in [0.1, 0.15) is 6.54 Å². The molecular formula is C15H20N4O4. The highest BCUT2D eigenvalue weighted by molar-refractivity contribution is 5.73. The van der Waals surface area contributed by atoms with Crippen molar-refractivity contribution in [1.82, 2.24) is 20.4 Å². The summed E-state index contributed by atoms with van der Waals surface area (Å²) in [5.41, 5.74) is 0.737. The molecule has 8 heteroatoms. The van der Waals surface area contributed by atoms with E-state index >= 15 is 0 Å². The second-order valence-electron chi connectivity index (χ2n) is 4.65. The van der Waals surface area contributed by atoms with E-state index in [4.69, 9.17) is 14.0 Å². The molecule has 0 unspecified atom stereocenters. The van der Waals surface area contributed by atoms with Gasteiger partial charge in [-0.1, -0.05) is 5.16 Å². The van der Waals surface area contributed by atoms with Crippen molar-refractivity contribution in [2.45, 2.75) is 13.5 Å². The lowest BCUT2D eigenvalue weighted by molar-refractivity contribution is 0.192. The first kappa shape index (κ1) is 16.6. The van der Waals surface area contributed by atoms with Crippen molar-refractivity contribution in [2.75, 3.05) is 27.8 Å². The minimum Gasteiger partial charge on any atom is -0.493 e. The molecule has 1 aromatic carbocycles. The average Bonchev–Trinajstić information content (AvgIpc) is 3.06. The molecule has 0 spiro atoms. The number of benzene rings is 1. The van der Waals surface area contributed by atoms with Crippen molar-refractivity contribution in [3.8, 4) is 22.9 Å². The van der Waals surface area contributed by atoms with Crippen molar-refractivity contribution < 1.29 is 18.8 Å². The van der Waals surface area contributed by atoms with Crippen LogP contribution in [-0.4, -0.2) is 48.9 Å². The average molecular weight is 320 g/mol. The van der Waals surface area contributed by atoms with E-state index in [1.807, 2.05) is 13.0 Å². The topological polar surface area (TPSA) is 89.7 Å². The molecule has 2 aromatic rings. The molecule has 2 rings (SSSR count). The molecule has 1 aromatic heterocycles. The summed E-state index contributed by atoms with van der Waals surface area (Å²) >= 11 is 0. The Labute approximate surface area is 134 Å². The summed E-state index contributed by atoms with van der Waals surface area (Å²) in [6.45, 7) is 2.66. The van der Waals surface area contributed by atoms with Gasteiger partial charge >= 0.3 is 6.03 Å². The Morgan fingerprint density at radius 1 is 1.30 bits per heavy atom. The molecular weight excluding hydrogens is 300 g/mol. The van der Waals surface area contributed by atoms with Crippen LogP contribution >= 0.6 is 0 Å². The second kappa shape index (κ2) is 7.48. The first-order valence-corrected chi connectivity index (χ1v) is 7.14. The summed E-state index contributed by atoms with van der Waals surface area (Å²) in [7, 11) is 4.71. The Balaban J connectivity index is 2.20. The van der Waals surface area contributed by atoms with E-state index in [2.05, 4.69) is 15.5 Å². The highest BCUT2D eigenvalue weighted by Gasteiger charge is 2.16. The lowest BCUT2D eigenvalue weighted by Crippen LogP contribution is -2.37. The normalized spacial score (nSPS) is 10.3. The number of methoxy groups -OCH3 is 2. The Morgan fingerprint density at radius 2 is 2.04 bits per heavy atom. The number of hydrogen-bond donors (Lipinski definition) is 1. The maximum Gasteiger partial charge on any atom is 0.317 e. The molecule has 0 aliphatic carbocycles. The SMILES string of the molecule is CCN(Cc1nc(-c2ccc(OC)c(OC)c2)no1)C(=O)NC. The largest absolute Gasteiger partial charge is 0.493 e. The molecule has 0 saturated carbocycles. The molecule has 124 valence electrons. The summed E-state index contributed by atoms with van der Waals surface area (Å²) in [5.74, 6) is 1.99. The second-order valence-corrected chi connectivity index (χ2v) is 4.65. The fourth-order valence-electron chi connectivity index (χ4n) is 2.06. The number of aromatic nitrogens is 2. The van der Waals surface area contributed by atoms with Gasteiger partial charge in [-0.15, -0.1) is 0 Å². The molecule has 0 atom stereocenters. The van der Waals surface area contributed by atoms with Crippen LogP contribution in [0, 0.1) is 0 Å². The molecule has 0 aliphatic heterocycles. The van der Waals surface area contributed by atoms with Gasteiger partial charge in [-0.25, -0.2) is 4.79 Å². The molecule has 0 bridgehead atoms. The third-order valence-electron chi connectivity index (χ3n) is 3.32.